The Morgan fingerprint density at radius 1 is 1.16 bits per heavy atom. The van der Waals surface area contributed by atoms with E-state index in [2.05, 4.69) is 0 Å². The molecule has 2 heterocycles. The van der Waals surface area contributed by atoms with Gasteiger partial charge >= 0.3 is 5.97 Å². The van der Waals surface area contributed by atoms with Crippen LogP contribution in [0.2, 0.25) is 0 Å². The lowest BCUT2D eigenvalue weighted by Gasteiger charge is -2.13. The number of benzene rings is 1. The van der Waals surface area contributed by atoms with Crippen LogP contribution in [0, 0.1) is 0 Å². The molecular weight excluding hydrogens is 248 g/mol. The molecule has 0 radical (unpaired) electrons. The van der Waals surface area contributed by atoms with Gasteiger partial charge in [-0.05, 0) is 13.8 Å². The maximum atomic E-state index is 11.1. The van der Waals surface area contributed by atoms with Crippen molar-refractivity contribution >= 4 is 5.97 Å². The van der Waals surface area contributed by atoms with Gasteiger partial charge in [0.2, 0.25) is 0 Å². The third-order valence-corrected chi connectivity index (χ3v) is 3.64. The standard InChI is InChI=1S/C14H16O5/c1-6-3-8-9(5-11(15)16)13-10(4-7(2)18-13)12(17)14(8)19-6/h6-7,17H,3-5H2,1-2H3,(H,15,16). The molecule has 2 aliphatic rings. The number of phenolic OH excluding ortho intramolecular Hbond substituents is 1. The second kappa shape index (κ2) is 4.05. The second-order valence-electron chi connectivity index (χ2n) is 5.28. The number of aromatic hydroxyl groups is 1. The first kappa shape index (κ1) is 12.1. The van der Waals surface area contributed by atoms with Crippen molar-refractivity contribution in [2.45, 2.75) is 45.3 Å². The molecule has 2 unspecified atom stereocenters. The number of carboxylic acids is 1. The van der Waals surface area contributed by atoms with E-state index < -0.39 is 5.97 Å². The number of carboxylic acid groups (broad SMARTS) is 1. The van der Waals surface area contributed by atoms with E-state index in [9.17, 15) is 9.90 Å². The van der Waals surface area contributed by atoms with Gasteiger partial charge in [0.25, 0.3) is 0 Å². The highest BCUT2D eigenvalue weighted by molar-refractivity contribution is 5.76. The molecule has 0 saturated carbocycles. The molecule has 0 spiro atoms. The van der Waals surface area contributed by atoms with E-state index >= 15 is 0 Å². The van der Waals surface area contributed by atoms with Crippen LogP contribution in [0.4, 0.5) is 0 Å². The Bertz CT molecular complexity index is 524. The molecule has 1 aromatic carbocycles. The van der Waals surface area contributed by atoms with Gasteiger partial charge in [0, 0.05) is 29.5 Å². The van der Waals surface area contributed by atoms with E-state index in [1.54, 1.807) is 0 Å². The van der Waals surface area contributed by atoms with Crippen LogP contribution >= 0.6 is 0 Å². The molecule has 102 valence electrons. The highest BCUT2D eigenvalue weighted by Gasteiger charge is 2.36. The van der Waals surface area contributed by atoms with Gasteiger partial charge in [0.05, 0.1) is 6.42 Å². The molecule has 2 N–H and O–H groups in total. The summed E-state index contributed by atoms with van der Waals surface area (Å²) in [6.07, 6.45) is 0.991. The fourth-order valence-electron chi connectivity index (χ4n) is 2.92. The van der Waals surface area contributed by atoms with Crippen LogP contribution in [0.15, 0.2) is 0 Å². The van der Waals surface area contributed by atoms with Gasteiger partial charge in [-0.1, -0.05) is 0 Å². The summed E-state index contributed by atoms with van der Waals surface area (Å²) >= 11 is 0. The van der Waals surface area contributed by atoms with Crippen LogP contribution in [0.5, 0.6) is 17.2 Å². The average Bonchev–Trinajstić information content (AvgIpc) is 2.87. The van der Waals surface area contributed by atoms with Crippen LogP contribution in [0.1, 0.15) is 30.5 Å². The van der Waals surface area contributed by atoms with Gasteiger partial charge in [0.1, 0.15) is 18.0 Å². The topological polar surface area (TPSA) is 76.0 Å². The van der Waals surface area contributed by atoms with Crippen molar-refractivity contribution in [3.63, 3.8) is 0 Å². The fourth-order valence-corrected chi connectivity index (χ4v) is 2.92. The number of fused-ring (bicyclic) bond motifs is 2. The molecule has 0 fully saturated rings. The summed E-state index contributed by atoms with van der Waals surface area (Å²) < 4.78 is 11.3. The highest BCUT2D eigenvalue weighted by Crippen LogP contribution is 2.50. The molecule has 0 amide bonds. The minimum atomic E-state index is -0.905. The molecule has 5 heteroatoms. The molecule has 0 bridgehead atoms. The summed E-state index contributed by atoms with van der Waals surface area (Å²) in [6.45, 7) is 3.80. The van der Waals surface area contributed by atoms with E-state index in [-0.39, 0.29) is 24.4 Å². The molecule has 1 aromatic rings. The van der Waals surface area contributed by atoms with Crippen molar-refractivity contribution in [2.75, 3.05) is 0 Å². The lowest BCUT2D eigenvalue weighted by atomic mass is 9.95. The van der Waals surface area contributed by atoms with Crippen molar-refractivity contribution < 1.29 is 24.5 Å². The average molecular weight is 264 g/mol. The number of phenols is 1. The monoisotopic (exact) mass is 264 g/mol. The zero-order valence-electron chi connectivity index (χ0n) is 10.9. The molecule has 2 atom stereocenters. The molecule has 2 aliphatic heterocycles. The predicted octanol–water partition coefficient (Wildman–Crippen LogP) is 1.67. The summed E-state index contributed by atoms with van der Waals surface area (Å²) in [5, 5.41) is 19.3. The smallest absolute Gasteiger partial charge is 0.307 e. The maximum absolute atomic E-state index is 11.1. The SMILES string of the molecule is CC1Cc2c(CC(=O)O)c3c(c(O)c2O1)CC(C)O3. The van der Waals surface area contributed by atoms with Crippen molar-refractivity contribution in [1.29, 1.82) is 0 Å². The Kier molecular flexibility index (Phi) is 2.59. The van der Waals surface area contributed by atoms with Gasteiger partial charge in [-0.15, -0.1) is 0 Å². The quantitative estimate of drug-likeness (QED) is 0.849. The number of rotatable bonds is 2. The molecule has 0 saturated heterocycles. The van der Waals surface area contributed by atoms with Gasteiger partial charge in [-0.3, -0.25) is 4.79 Å². The molecule has 0 aliphatic carbocycles. The largest absolute Gasteiger partial charge is 0.504 e. The zero-order valence-corrected chi connectivity index (χ0v) is 10.9. The van der Waals surface area contributed by atoms with Crippen LogP contribution in [-0.4, -0.2) is 28.4 Å². The van der Waals surface area contributed by atoms with Crippen LogP contribution in [-0.2, 0) is 24.1 Å². The summed E-state index contributed by atoms with van der Waals surface area (Å²) in [7, 11) is 0. The Hall–Kier alpha value is -1.91. The van der Waals surface area contributed by atoms with E-state index in [4.69, 9.17) is 14.6 Å². The summed E-state index contributed by atoms with van der Waals surface area (Å²) in [4.78, 5) is 11.1. The Balaban J connectivity index is 2.20. The third kappa shape index (κ3) is 1.80. The first-order valence-electron chi connectivity index (χ1n) is 6.42. The number of ether oxygens (including phenoxy) is 2. The van der Waals surface area contributed by atoms with Crippen LogP contribution < -0.4 is 9.47 Å². The van der Waals surface area contributed by atoms with Gasteiger partial charge in [-0.25, -0.2) is 0 Å². The molecule has 3 rings (SSSR count). The first-order chi connectivity index (χ1) is 8.97. The molecule has 19 heavy (non-hydrogen) atoms. The summed E-state index contributed by atoms with van der Waals surface area (Å²) in [5.74, 6) is 0.203. The predicted molar refractivity (Wildman–Crippen MR) is 67.0 cm³/mol. The van der Waals surface area contributed by atoms with Crippen LogP contribution in [0.25, 0.3) is 0 Å². The number of hydrogen-bond donors (Lipinski definition) is 2. The highest BCUT2D eigenvalue weighted by atomic mass is 16.5. The third-order valence-electron chi connectivity index (χ3n) is 3.64. The summed E-state index contributed by atoms with van der Waals surface area (Å²) in [5.41, 5.74) is 2.11. The van der Waals surface area contributed by atoms with Crippen molar-refractivity contribution in [1.82, 2.24) is 0 Å². The van der Waals surface area contributed by atoms with E-state index in [0.717, 1.165) is 5.56 Å². The van der Waals surface area contributed by atoms with E-state index in [1.165, 1.54) is 0 Å². The number of carbonyl (C=O) groups is 1. The minimum absolute atomic E-state index is 0.0478. The molecule has 5 nitrogen and oxygen atoms in total. The second-order valence-corrected chi connectivity index (χ2v) is 5.28. The normalized spacial score (nSPS) is 23.5. The van der Waals surface area contributed by atoms with Gasteiger partial charge in [-0.2, -0.15) is 0 Å². The maximum Gasteiger partial charge on any atom is 0.307 e. The first-order valence-corrected chi connectivity index (χ1v) is 6.42. The van der Waals surface area contributed by atoms with E-state index in [0.29, 0.717) is 35.5 Å². The number of aliphatic carboxylic acids is 1. The lowest BCUT2D eigenvalue weighted by molar-refractivity contribution is -0.136. The summed E-state index contributed by atoms with van der Waals surface area (Å²) in [6, 6.07) is 0. The van der Waals surface area contributed by atoms with Crippen molar-refractivity contribution in [3.05, 3.63) is 16.7 Å². The minimum Gasteiger partial charge on any atom is -0.504 e. The van der Waals surface area contributed by atoms with E-state index in [1.807, 2.05) is 13.8 Å². The van der Waals surface area contributed by atoms with Gasteiger partial charge in [0.15, 0.2) is 11.5 Å². The van der Waals surface area contributed by atoms with Gasteiger partial charge < -0.3 is 19.7 Å². The zero-order chi connectivity index (χ0) is 13.7. The lowest BCUT2D eigenvalue weighted by Crippen LogP contribution is -2.09. The van der Waals surface area contributed by atoms with Crippen LogP contribution in [0.3, 0.4) is 0 Å². The Labute approximate surface area is 110 Å². The molecular formula is C14H16O5. The Morgan fingerprint density at radius 2 is 1.74 bits per heavy atom. The number of hydrogen-bond acceptors (Lipinski definition) is 4. The Morgan fingerprint density at radius 3 is 2.37 bits per heavy atom. The van der Waals surface area contributed by atoms with Crippen molar-refractivity contribution in [2.24, 2.45) is 0 Å². The fraction of sp³-hybridized carbons (Fsp3) is 0.500. The van der Waals surface area contributed by atoms with Crippen molar-refractivity contribution in [3.8, 4) is 17.2 Å². The molecule has 0 aromatic heterocycles.